The van der Waals surface area contributed by atoms with E-state index in [0.717, 1.165) is 5.56 Å². The lowest BCUT2D eigenvalue weighted by Crippen LogP contribution is -2.31. The predicted molar refractivity (Wildman–Crippen MR) is 105 cm³/mol. The number of nitrogens with zero attached hydrogens (tertiary/aromatic N) is 2. The Bertz CT molecular complexity index is 945. The standard InChI is InChI=1S/C21H20ClFN2O3/c1-25(12-13-27-18-9-5-4-8-17(18)23)21(26)11-10-20-24-14-19(28-20)15-6-2-3-7-16(15)22/h2-9,14H,10-13H2,1H3. The van der Waals surface area contributed by atoms with E-state index in [4.69, 9.17) is 20.8 Å². The minimum atomic E-state index is -0.422. The number of halogens is 2. The van der Waals surface area contributed by atoms with E-state index < -0.39 is 5.82 Å². The van der Waals surface area contributed by atoms with E-state index in [-0.39, 0.29) is 24.7 Å². The van der Waals surface area contributed by atoms with Gasteiger partial charge in [0.2, 0.25) is 5.91 Å². The molecule has 0 saturated heterocycles. The molecule has 0 bridgehead atoms. The number of benzene rings is 2. The molecule has 28 heavy (non-hydrogen) atoms. The van der Waals surface area contributed by atoms with Gasteiger partial charge < -0.3 is 14.1 Å². The van der Waals surface area contributed by atoms with Crippen LogP contribution in [-0.4, -0.2) is 36.0 Å². The normalized spacial score (nSPS) is 10.7. The topological polar surface area (TPSA) is 55.6 Å². The summed E-state index contributed by atoms with van der Waals surface area (Å²) in [7, 11) is 1.68. The minimum Gasteiger partial charge on any atom is -0.489 e. The second-order valence-corrected chi connectivity index (χ2v) is 6.60. The highest BCUT2D eigenvalue weighted by molar-refractivity contribution is 6.33. The Hall–Kier alpha value is -2.86. The Morgan fingerprint density at radius 3 is 2.75 bits per heavy atom. The second kappa shape index (κ2) is 9.37. The van der Waals surface area contributed by atoms with E-state index >= 15 is 0 Å². The second-order valence-electron chi connectivity index (χ2n) is 6.19. The predicted octanol–water partition coefficient (Wildman–Crippen LogP) is 4.60. The quantitative estimate of drug-likeness (QED) is 0.552. The molecule has 0 saturated carbocycles. The molecule has 2 aromatic carbocycles. The zero-order chi connectivity index (χ0) is 19.9. The highest BCUT2D eigenvalue weighted by Crippen LogP contribution is 2.28. The van der Waals surface area contributed by atoms with Crippen molar-refractivity contribution in [2.24, 2.45) is 0 Å². The van der Waals surface area contributed by atoms with E-state index in [1.54, 1.807) is 42.4 Å². The van der Waals surface area contributed by atoms with Crippen LogP contribution in [-0.2, 0) is 11.2 Å². The number of para-hydroxylation sites is 1. The molecule has 1 aromatic heterocycles. The molecular formula is C21H20ClFN2O3. The monoisotopic (exact) mass is 402 g/mol. The number of hydrogen-bond acceptors (Lipinski definition) is 4. The van der Waals surface area contributed by atoms with Crippen LogP contribution in [0.5, 0.6) is 5.75 Å². The molecule has 0 N–H and O–H groups in total. The van der Waals surface area contributed by atoms with Crippen LogP contribution in [0, 0.1) is 5.82 Å². The first-order valence-electron chi connectivity index (χ1n) is 8.85. The summed E-state index contributed by atoms with van der Waals surface area (Å²) in [4.78, 5) is 18.0. The fraction of sp³-hybridized carbons (Fsp3) is 0.238. The summed E-state index contributed by atoms with van der Waals surface area (Å²) in [5, 5.41) is 0.580. The Morgan fingerprint density at radius 1 is 1.21 bits per heavy atom. The van der Waals surface area contributed by atoms with E-state index in [1.807, 2.05) is 18.2 Å². The molecule has 146 valence electrons. The van der Waals surface area contributed by atoms with E-state index in [2.05, 4.69) is 4.98 Å². The van der Waals surface area contributed by atoms with Crippen molar-refractivity contribution in [3.8, 4) is 17.1 Å². The Morgan fingerprint density at radius 2 is 1.96 bits per heavy atom. The zero-order valence-electron chi connectivity index (χ0n) is 15.4. The van der Waals surface area contributed by atoms with Crippen molar-refractivity contribution in [2.45, 2.75) is 12.8 Å². The number of aryl methyl sites for hydroxylation is 1. The lowest BCUT2D eigenvalue weighted by atomic mass is 10.2. The molecule has 0 aliphatic carbocycles. The Kier molecular flexibility index (Phi) is 6.66. The molecule has 3 aromatic rings. The molecule has 0 radical (unpaired) electrons. The van der Waals surface area contributed by atoms with Crippen LogP contribution in [0.1, 0.15) is 12.3 Å². The van der Waals surface area contributed by atoms with E-state index in [1.165, 1.54) is 6.07 Å². The fourth-order valence-corrected chi connectivity index (χ4v) is 2.82. The summed E-state index contributed by atoms with van der Waals surface area (Å²) in [5.41, 5.74) is 0.761. The molecule has 0 unspecified atom stereocenters. The summed E-state index contributed by atoms with van der Waals surface area (Å²) < 4.78 is 24.6. The van der Waals surface area contributed by atoms with Crippen molar-refractivity contribution >= 4 is 17.5 Å². The maximum absolute atomic E-state index is 13.5. The molecule has 5 nitrogen and oxygen atoms in total. The van der Waals surface area contributed by atoms with Crippen LogP contribution < -0.4 is 4.74 Å². The Balaban J connectivity index is 1.46. The van der Waals surface area contributed by atoms with Crippen molar-refractivity contribution in [3.05, 3.63) is 71.5 Å². The number of oxazole rings is 1. The zero-order valence-corrected chi connectivity index (χ0v) is 16.2. The third kappa shape index (κ3) is 5.10. The maximum atomic E-state index is 13.5. The van der Waals surface area contributed by atoms with Gasteiger partial charge in [-0.2, -0.15) is 0 Å². The number of likely N-dealkylation sites (N-methyl/N-ethyl adjacent to an activating group) is 1. The van der Waals surface area contributed by atoms with Gasteiger partial charge in [0.25, 0.3) is 0 Å². The molecule has 0 fully saturated rings. The van der Waals surface area contributed by atoms with Crippen LogP contribution in [0.25, 0.3) is 11.3 Å². The average Bonchev–Trinajstić information content (AvgIpc) is 3.16. The minimum absolute atomic E-state index is 0.0744. The van der Waals surface area contributed by atoms with E-state index in [0.29, 0.717) is 29.6 Å². The van der Waals surface area contributed by atoms with Gasteiger partial charge in [-0.3, -0.25) is 4.79 Å². The first kappa shape index (κ1) is 19.9. The molecule has 0 aliphatic rings. The van der Waals surface area contributed by atoms with Crippen molar-refractivity contribution in [1.29, 1.82) is 0 Å². The molecule has 0 spiro atoms. The van der Waals surface area contributed by atoms with Gasteiger partial charge in [0, 0.05) is 25.5 Å². The van der Waals surface area contributed by atoms with Crippen LogP contribution >= 0.6 is 11.6 Å². The van der Waals surface area contributed by atoms with E-state index in [9.17, 15) is 9.18 Å². The Labute approximate surface area is 167 Å². The summed E-state index contributed by atoms with van der Waals surface area (Å²) >= 11 is 6.16. The smallest absolute Gasteiger partial charge is 0.222 e. The van der Waals surface area contributed by atoms with Gasteiger partial charge in [0.05, 0.1) is 17.8 Å². The lowest BCUT2D eigenvalue weighted by molar-refractivity contribution is -0.130. The molecule has 1 heterocycles. The van der Waals surface area contributed by atoms with Gasteiger partial charge in [-0.1, -0.05) is 35.9 Å². The summed E-state index contributed by atoms with van der Waals surface area (Å²) in [6, 6.07) is 13.5. The largest absolute Gasteiger partial charge is 0.489 e. The highest BCUT2D eigenvalue weighted by atomic mass is 35.5. The number of amides is 1. The third-order valence-corrected chi connectivity index (χ3v) is 4.52. The number of ether oxygens (including phenoxy) is 1. The maximum Gasteiger partial charge on any atom is 0.222 e. The van der Waals surface area contributed by atoms with Crippen molar-refractivity contribution in [3.63, 3.8) is 0 Å². The fourth-order valence-electron chi connectivity index (χ4n) is 2.60. The van der Waals surface area contributed by atoms with Gasteiger partial charge in [0.15, 0.2) is 23.2 Å². The SMILES string of the molecule is CN(CCOc1ccccc1F)C(=O)CCc1ncc(-c2ccccc2Cl)o1. The third-order valence-electron chi connectivity index (χ3n) is 4.19. The van der Waals surface area contributed by atoms with Gasteiger partial charge in [-0.25, -0.2) is 9.37 Å². The number of rotatable bonds is 8. The number of aromatic nitrogens is 1. The van der Waals surface area contributed by atoms with Gasteiger partial charge in [-0.05, 0) is 24.3 Å². The highest BCUT2D eigenvalue weighted by Gasteiger charge is 2.13. The van der Waals surface area contributed by atoms with Crippen molar-refractivity contribution in [1.82, 2.24) is 9.88 Å². The first-order valence-corrected chi connectivity index (χ1v) is 9.23. The van der Waals surface area contributed by atoms with Gasteiger partial charge in [0.1, 0.15) is 6.61 Å². The summed E-state index contributed by atoms with van der Waals surface area (Å²) in [6.07, 6.45) is 2.23. The molecule has 7 heteroatoms. The van der Waals surface area contributed by atoms with Crippen molar-refractivity contribution in [2.75, 3.05) is 20.2 Å². The molecule has 1 amide bonds. The van der Waals surface area contributed by atoms with Crippen LogP contribution in [0.3, 0.4) is 0 Å². The van der Waals surface area contributed by atoms with Gasteiger partial charge >= 0.3 is 0 Å². The lowest BCUT2D eigenvalue weighted by Gasteiger charge is -2.17. The molecular weight excluding hydrogens is 383 g/mol. The summed E-state index contributed by atoms with van der Waals surface area (Å²) in [6.45, 7) is 0.558. The van der Waals surface area contributed by atoms with Crippen LogP contribution in [0.15, 0.2) is 59.1 Å². The van der Waals surface area contributed by atoms with Crippen LogP contribution in [0.4, 0.5) is 4.39 Å². The van der Waals surface area contributed by atoms with Gasteiger partial charge in [-0.15, -0.1) is 0 Å². The average molecular weight is 403 g/mol. The summed E-state index contributed by atoms with van der Waals surface area (Å²) in [5.74, 6) is 0.721. The number of carbonyl (C=O) groups excluding carboxylic acids is 1. The molecule has 3 rings (SSSR count). The molecule has 0 atom stereocenters. The molecule has 0 aliphatic heterocycles. The first-order chi connectivity index (χ1) is 13.5. The number of hydrogen-bond donors (Lipinski definition) is 0. The van der Waals surface area contributed by atoms with Crippen LogP contribution in [0.2, 0.25) is 5.02 Å². The van der Waals surface area contributed by atoms with Crippen molar-refractivity contribution < 1.29 is 18.3 Å². The number of carbonyl (C=O) groups is 1.